The Morgan fingerprint density at radius 3 is 2.17 bits per heavy atom. The van der Waals surface area contributed by atoms with Crippen LogP contribution in [0.4, 0.5) is 0 Å². The van der Waals surface area contributed by atoms with Crippen LogP contribution in [-0.2, 0) is 9.59 Å². The first kappa shape index (κ1) is 19.9. The Bertz CT molecular complexity index is 396. The summed E-state index contributed by atoms with van der Waals surface area (Å²) < 4.78 is 0. The number of aliphatic carboxylic acids is 1. The van der Waals surface area contributed by atoms with E-state index in [9.17, 15) is 9.59 Å². The zero-order valence-electron chi connectivity index (χ0n) is 14.9. The molecule has 1 aliphatic carbocycles. The fraction of sp³-hybridized carbons (Fsp3) is 0.800. The molecule has 0 saturated carbocycles. The minimum Gasteiger partial charge on any atom is -0.481 e. The molecule has 3 nitrogen and oxygen atoms in total. The second-order valence-corrected chi connectivity index (χ2v) is 6.83. The number of Topliss-reactive ketones (excluding diaryl/α,β-unsaturated/α-hetero) is 1. The van der Waals surface area contributed by atoms with Crippen LogP contribution in [-0.4, -0.2) is 16.9 Å². The van der Waals surface area contributed by atoms with Gasteiger partial charge >= 0.3 is 5.97 Å². The summed E-state index contributed by atoms with van der Waals surface area (Å²) in [7, 11) is 0. The summed E-state index contributed by atoms with van der Waals surface area (Å²) in [6.45, 7) is 2.24. The van der Waals surface area contributed by atoms with Crippen molar-refractivity contribution >= 4 is 11.8 Å². The lowest BCUT2D eigenvalue weighted by atomic mass is 9.98. The van der Waals surface area contributed by atoms with E-state index in [0.717, 1.165) is 56.9 Å². The van der Waals surface area contributed by atoms with Gasteiger partial charge in [0, 0.05) is 12.8 Å². The van der Waals surface area contributed by atoms with E-state index in [4.69, 9.17) is 5.11 Å². The Kier molecular flexibility index (Phi) is 10.7. The van der Waals surface area contributed by atoms with Crippen molar-refractivity contribution in [2.75, 3.05) is 0 Å². The average Bonchev–Trinajstić information content (AvgIpc) is 2.86. The summed E-state index contributed by atoms with van der Waals surface area (Å²) in [5, 5.41) is 8.61. The van der Waals surface area contributed by atoms with E-state index in [1.54, 1.807) is 0 Å². The van der Waals surface area contributed by atoms with Gasteiger partial charge < -0.3 is 5.11 Å². The fourth-order valence-electron chi connectivity index (χ4n) is 3.41. The summed E-state index contributed by atoms with van der Waals surface area (Å²) in [5.41, 5.74) is 2.55. The van der Waals surface area contributed by atoms with E-state index in [1.165, 1.54) is 44.1 Å². The molecule has 0 radical (unpaired) electrons. The molecule has 0 aromatic heterocycles. The number of carboxylic acids is 1. The second-order valence-electron chi connectivity index (χ2n) is 6.83. The van der Waals surface area contributed by atoms with E-state index in [1.807, 2.05) is 0 Å². The summed E-state index contributed by atoms with van der Waals surface area (Å²) >= 11 is 0. The number of ketones is 1. The summed E-state index contributed by atoms with van der Waals surface area (Å²) in [4.78, 5) is 22.5. The molecule has 0 atom stereocenters. The van der Waals surface area contributed by atoms with E-state index in [2.05, 4.69) is 6.92 Å². The van der Waals surface area contributed by atoms with E-state index in [0.29, 0.717) is 5.78 Å². The normalized spacial score (nSPS) is 14.7. The fourth-order valence-corrected chi connectivity index (χ4v) is 3.41. The maximum Gasteiger partial charge on any atom is 0.303 e. The molecule has 0 spiro atoms. The molecule has 0 bridgehead atoms. The van der Waals surface area contributed by atoms with Gasteiger partial charge in [-0.15, -0.1) is 0 Å². The van der Waals surface area contributed by atoms with E-state index < -0.39 is 5.97 Å². The van der Waals surface area contributed by atoms with Gasteiger partial charge in [0.2, 0.25) is 0 Å². The second kappa shape index (κ2) is 12.3. The molecule has 1 N–H and O–H groups in total. The molecular weight excluding hydrogens is 288 g/mol. The van der Waals surface area contributed by atoms with Crippen molar-refractivity contribution in [3.05, 3.63) is 11.1 Å². The number of carbonyl (C=O) groups excluding carboxylic acids is 1. The van der Waals surface area contributed by atoms with Crippen molar-refractivity contribution in [2.24, 2.45) is 0 Å². The number of hydrogen-bond acceptors (Lipinski definition) is 2. The topological polar surface area (TPSA) is 54.4 Å². The number of hydrogen-bond donors (Lipinski definition) is 1. The highest BCUT2D eigenvalue weighted by atomic mass is 16.4. The van der Waals surface area contributed by atoms with E-state index in [-0.39, 0.29) is 6.42 Å². The predicted octanol–water partition coefficient (Wildman–Crippen LogP) is 5.82. The van der Waals surface area contributed by atoms with Gasteiger partial charge in [-0.25, -0.2) is 0 Å². The van der Waals surface area contributed by atoms with Crippen molar-refractivity contribution < 1.29 is 14.7 Å². The number of carbonyl (C=O) groups is 2. The van der Waals surface area contributed by atoms with Gasteiger partial charge in [-0.2, -0.15) is 0 Å². The first-order valence-electron chi connectivity index (χ1n) is 9.61. The largest absolute Gasteiger partial charge is 0.481 e. The van der Waals surface area contributed by atoms with Gasteiger partial charge in [-0.05, 0) is 44.1 Å². The van der Waals surface area contributed by atoms with E-state index >= 15 is 0 Å². The van der Waals surface area contributed by atoms with Gasteiger partial charge in [-0.1, -0.05) is 57.4 Å². The third kappa shape index (κ3) is 8.92. The molecule has 0 heterocycles. The van der Waals surface area contributed by atoms with Gasteiger partial charge in [0.05, 0.1) is 0 Å². The molecule has 132 valence electrons. The Labute approximate surface area is 141 Å². The molecule has 3 heteroatoms. The van der Waals surface area contributed by atoms with Crippen LogP contribution in [0.2, 0.25) is 0 Å². The zero-order chi connectivity index (χ0) is 16.9. The van der Waals surface area contributed by atoms with Crippen molar-refractivity contribution in [1.82, 2.24) is 0 Å². The first-order chi connectivity index (χ1) is 11.1. The number of unbranched alkanes of at least 4 members (excludes halogenated alkanes) is 8. The molecule has 23 heavy (non-hydrogen) atoms. The Morgan fingerprint density at radius 2 is 1.48 bits per heavy atom. The Hall–Kier alpha value is -1.12. The minimum atomic E-state index is -0.708. The highest BCUT2D eigenvalue weighted by Crippen LogP contribution is 2.31. The first-order valence-corrected chi connectivity index (χ1v) is 9.61. The van der Waals surface area contributed by atoms with Crippen LogP contribution in [0.3, 0.4) is 0 Å². The Balaban J connectivity index is 2.20. The quantitative estimate of drug-likeness (QED) is 0.410. The lowest BCUT2D eigenvalue weighted by Crippen LogP contribution is -1.98. The summed E-state index contributed by atoms with van der Waals surface area (Å²) in [5.74, 6) is -0.337. The molecule has 0 fully saturated rings. The third-order valence-electron chi connectivity index (χ3n) is 4.82. The van der Waals surface area contributed by atoms with Crippen molar-refractivity contribution in [1.29, 1.82) is 0 Å². The van der Waals surface area contributed by atoms with Crippen molar-refractivity contribution in [2.45, 2.75) is 103 Å². The highest BCUT2D eigenvalue weighted by molar-refractivity contribution is 5.98. The zero-order valence-corrected chi connectivity index (χ0v) is 14.9. The van der Waals surface area contributed by atoms with Crippen LogP contribution < -0.4 is 0 Å². The van der Waals surface area contributed by atoms with Gasteiger partial charge in [-0.3, -0.25) is 9.59 Å². The molecule has 1 aliphatic rings. The molecule has 0 aromatic carbocycles. The van der Waals surface area contributed by atoms with Crippen molar-refractivity contribution in [3.8, 4) is 0 Å². The molecule has 1 rings (SSSR count). The smallest absolute Gasteiger partial charge is 0.303 e. The summed E-state index contributed by atoms with van der Waals surface area (Å²) in [6.07, 6.45) is 15.6. The van der Waals surface area contributed by atoms with Gasteiger partial charge in [0.15, 0.2) is 5.78 Å². The molecule has 0 aliphatic heterocycles. The average molecular weight is 322 g/mol. The lowest BCUT2D eigenvalue weighted by molar-refractivity contribution is -0.137. The maximum absolute atomic E-state index is 12.0. The maximum atomic E-state index is 12.0. The third-order valence-corrected chi connectivity index (χ3v) is 4.82. The van der Waals surface area contributed by atoms with Crippen LogP contribution in [0.15, 0.2) is 11.1 Å². The molecule has 0 aromatic rings. The number of allylic oxidation sites excluding steroid dienone is 2. The van der Waals surface area contributed by atoms with Crippen LogP contribution >= 0.6 is 0 Å². The van der Waals surface area contributed by atoms with Crippen molar-refractivity contribution in [3.63, 3.8) is 0 Å². The standard InChI is InChI=1S/C20H34O3/c1-2-3-4-5-6-9-12-17-15-16-19(21)18(17)13-10-7-8-11-14-20(22)23/h2-16H2,1H3,(H,22,23). The SMILES string of the molecule is CCCCCCCCC1=C(CCCCCCC(=O)O)C(=O)CC1. The molecule has 0 saturated heterocycles. The van der Waals surface area contributed by atoms with Gasteiger partial charge in [0.1, 0.15) is 0 Å². The Morgan fingerprint density at radius 1 is 0.870 bits per heavy atom. The minimum absolute atomic E-state index is 0.269. The van der Waals surface area contributed by atoms with Crippen LogP contribution in [0.1, 0.15) is 103 Å². The molecule has 0 unspecified atom stereocenters. The lowest BCUT2D eigenvalue weighted by Gasteiger charge is -2.07. The molecule has 0 amide bonds. The van der Waals surface area contributed by atoms with Crippen LogP contribution in [0.25, 0.3) is 0 Å². The predicted molar refractivity (Wildman–Crippen MR) is 94.6 cm³/mol. The van der Waals surface area contributed by atoms with Crippen LogP contribution in [0.5, 0.6) is 0 Å². The number of rotatable bonds is 14. The van der Waals surface area contributed by atoms with Crippen LogP contribution in [0, 0.1) is 0 Å². The summed E-state index contributed by atoms with van der Waals surface area (Å²) in [6, 6.07) is 0. The van der Waals surface area contributed by atoms with Gasteiger partial charge in [0.25, 0.3) is 0 Å². The monoisotopic (exact) mass is 322 g/mol. The number of carboxylic acid groups (broad SMARTS) is 1. The highest BCUT2D eigenvalue weighted by Gasteiger charge is 2.21. The molecular formula is C20H34O3.